The average molecular weight is 220 g/mol. The van der Waals surface area contributed by atoms with Crippen molar-refractivity contribution in [2.75, 3.05) is 27.3 Å². The summed E-state index contributed by atoms with van der Waals surface area (Å²) in [5.41, 5.74) is 2.64. The van der Waals surface area contributed by atoms with Crippen LogP contribution in [0.5, 0.6) is 0 Å². The second-order valence-electron chi connectivity index (χ2n) is 4.66. The van der Waals surface area contributed by atoms with Crippen molar-refractivity contribution in [3.63, 3.8) is 0 Å². The van der Waals surface area contributed by atoms with Crippen molar-refractivity contribution < 1.29 is 4.74 Å². The zero-order valence-corrected chi connectivity index (χ0v) is 10.1. The summed E-state index contributed by atoms with van der Waals surface area (Å²) in [6.45, 7) is 2.70. The minimum atomic E-state index is 0.636. The lowest BCUT2D eigenvalue weighted by Gasteiger charge is -2.24. The van der Waals surface area contributed by atoms with Crippen LogP contribution in [-0.4, -0.2) is 37.2 Å². The molecule has 16 heavy (non-hydrogen) atoms. The molecule has 0 aromatic carbocycles. The van der Waals surface area contributed by atoms with E-state index >= 15 is 0 Å². The number of nitrogens with zero attached hydrogens (tertiary/aromatic N) is 2. The number of hydrogen-bond donors (Lipinski definition) is 0. The number of pyridine rings is 1. The Morgan fingerprint density at radius 2 is 2.12 bits per heavy atom. The molecule has 1 aliphatic heterocycles. The van der Waals surface area contributed by atoms with Crippen LogP contribution in [0.4, 0.5) is 0 Å². The summed E-state index contributed by atoms with van der Waals surface area (Å²) < 4.78 is 5.41. The molecule has 3 nitrogen and oxygen atoms in total. The molecule has 0 bridgehead atoms. The molecule has 3 heteroatoms. The highest BCUT2D eigenvalue weighted by molar-refractivity contribution is 5.24. The minimum absolute atomic E-state index is 0.636. The van der Waals surface area contributed by atoms with Crippen molar-refractivity contribution in [1.82, 2.24) is 9.88 Å². The van der Waals surface area contributed by atoms with Crippen molar-refractivity contribution in [2.24, 2.45) is 0 Å². The van der Waals surface area contributed by atoms with E-state index in [0.717, 1.165) is 32.6 Å². The maximum Gasteiger partial charge on any atom is 0.0578 e. The van der Waals surface area contributed by atoms with Gasteiger partial charge in [0.15, 0.2) is 0 Å². The molecule has 88 valence electrons. The summed E-state index contributed by atoms with van der Waals surface area (Å²) in [7, 11) is 4.17. The zero-order chi connectivity index (χ0) is 11.4. The van der Waals surface area contributed by atoms with Gasteiger partial charge in [0.1, 0.15) is 0 Å². The van der Waals surface area contributed by atoms with Gasteiger partial charge in [-0.2, -0.15) is 0 Å². The standard InChI is InChI=1S/C13H20N2O/c1-15(2)10-13-12(4-3-7-14-13)11-5-8-16-9-6-11/h3-4,7,11H,5-6,8-10H2,1-2H3. The molecule has 0 amide bonds. The molecule has 0 saturated carbocycles. The first-order chi connectivity index (χ1) is 7.77. The van der Waals surface area contributed by atoms with Gasteiger partial charge in [-0.3, -0.25) is 4.98 Å². The van der Waals surface area contributed by atoms with E-state index in [1.54, 1.807) is 0 Å². The quantitative estimate of drug-likeness (QED) is 0.779. The van der Waals surface area contributed by atoms with E-state index in [9.17, 15) is 0 Å². The molecule has 0 N–H and O–H groups in total. The van der Waals surface area contributed by atoms with E-state index in [4.69, 9.17) is 4.74 Å². The maximum atomic E-state index is 5.41. The van der Waals surface area contributed by atoms with Gasteiger partial charge >= 0.3 is 0 Å². The Bertz CT molecular complexity index is 332. The third kappa shape index (κ3) is 2.80. The molecule has 2 heterocycles. The van der Waals surface area contributed by atoms with E-state index in [-0.39, 0.29) is 0 Å². The fourth-order valence-electron chi connectivity index (χ4n) is 2.26. The van der Waals surface area contributed by atoms with Crippen LogP contribution in [0.15, 0.2) is 18.3 Å². The van der Waals surface area contributed by atoms with Crippen LogP contribution in [0.1, 0.15) is 30.0 Å². The molecular weight excluding hydrogens is 200 g/mol. The van der Waals surface area contributed by atoms with Crippen LogP contribution < -0.4 is 0 Å². The van der Waals surface area contributed by atoms with E-state index in [2.05, 4.69) is 30.0 Å². The Balaban J connectivity index is 2.17. The van der Waals surface area contributed by atoms with Gasteiger partial charge in [0.2, 0.25) is 0 Å². The van der Waals surface area contributed by atoms with Gasteiger partial charge in [-0.05, 0) is 44.5 Å². The summed E-state index contributed by atoms with van der Waals surface area (Å²) in [4.78, 5) is 6.68. The van der Waals surface area contributed by atoms with Crippen LogP contribution in [0, 0.1) is 0 Å². The Hall–Kier alpha value is -0.930. The molecule has 1 saturated heterocycles. The van der Waals surface area contributed by atoms with Crippen molar-refractivity contribution in [2.45, 2.75) is 25.3 Å². The van der Waals surface area contributed by atoms with Gasteiger partial charge in [0, 0.05) is 26.0 Å². The Kier molecular flexibility index (Phi) is 3.91. The topological polar surface area (TPSA) is 25.4 Å². The summed E-state index contributed by atoms with van der Waals surface area (Å²) in [6, 6.07) is 4.27. The molecule has 1 aliphatic rings. The third-order valence-corrected chi connectivity index (χ3v) is 3.05. The zero-order valence-electron chi connectivity index (χ0n) is 10.1. The predicted molar refractivity (Wildman–Crippen MR) is 64.4 cm³/mol. The highest BCUT2D eigenvalue weighted by atomic mass is 16.5. The van der Waals surface area contributed by atoms with Crippen molar-refractivity contribution in [1.29, 1.82) is 0 Å². The Morgan fingerprint density at radius 3 is 2.81 bits per heavy atom. The van der Waals surface area contributed by atoms with Crippen molar-refractivity contribution >= 4 is 0 Å². The minimum Gasteiger partial charge on any atom is -0.381 e. The van der Waals surface area contributed by atoms with Gasteiger partial charge in [-0.1, -0.05) is 6.07 Å². The lowest BCUT2D eigenvalue weighted by molar-refractivity contribution is 0.0849. The lowest BCUT2D eigenvalue weighted by Crippen LogP contribution is -2.19. The highest BCUT2D eigenvalue weighted by Gasteiger charge is 2.19. The molecule has 1 fully saturated rings. The summed E-state index contributed by atoms with van der Waals surface area (Å²) in [5, 5.41) is 0. The van der Waals surface area contributed by atoms with Gasteiger partial charge in [-0.25, -0.2) is 0 Å². The SMILES string of the molecule is CN(C)Cc1ncccc1C1CCOCC1. The first-order valence-corrected chi connectivity index (χ1v) is 5.93. The first-order valence-electron chi connectivity index (χ1n) is 5.93. The third-order valence-electron chi connectivity index (χ3n) is 3.05. The van der Waals surface area contributed by atoms with Gasteiger partial charge in [-0.15, -0.1) is 0 Å². The molecule has 1 aromatic heterocycles. The Morgan fingerprint density at radius 1 is 1.38 bits per heavy atom. The summed E-state index contributed by atoms with van der Waals surface area (Å²) in [5.74, 6) is 0.636. The van der Waals surface area contributed by atoms with Crippen LogP contribution in [0.2, 0.25) is 0 Å². The largest absolute Gasteiger partial charge is 0.381 e. The first kappa shape index (κ1) is 11.6. The summed E-state index contributed by atoms with van der Waals surface area (Å²) >= 11 is 0. The van der Waals surface area contributed by atoms with Crippen molar-refractivity contribution in [3.05, 3.63) is 29.6 Å². The van der Waals surface area contributed by atoms with Crippen LogP contribution >= 0.6 is 0 Å². The summed E-state index contributed by atoms with van der Waals surface area (Å²) in [6.07, 6.45) is 4.15. The second kappa shape index (κ2) is 5.41. The predicted octanol–water partition coefficient (Wildman–Crippen LogP) is 2.04. The van der Waals surface area contributed by atoms with E-state index in [0.29, 0.717) is 5.92 Å². The van der Waals surface area contributed by atoms with Gasteiger partial charge in [0.05, 0.1) is 5.69 Å². The monoisotopic (exact) mass is 220 g/mol. The van der Waals surface area contributed by atoms with E-state index in [1.165, 1.54) is 11.3 Å². The van der Waals surface area contributed by atoms with Crippen LogP contribution in [0.3, 0.4) is 0 Å². The van der Waals surface area contributed by atoms with E-state index < -0.39 is 0 Å². The number of aromatic nitrogens is 1. The number of rotatable bonds is 3. The van der Waals surface area contributed by atoms with Gasteiger partial charge < -0.3 is 9.64 Å². The average Bonchev–Trinajstić information content (AvgIpc) is 2.30. The van der Waals surface area contributed by atoms with Crippen LogP contribution in [0.25, 0.3) is 0 Å². The highest BCUT2D eigenvalue weighted by Crippen LogP contribution is 2.28. The van der Waals surface area contributed by atoms with Crippen LogP contribution in [-0.2, 0) is 11.3 Å². The molecule has 0 unspecified atom stereocenters. The Labute approximate surface area is 97.4 Å². The maximum absolute atomic E-state index is 5.41. The van der Waals surface area contributed by atoms with Crippen molar-refractivity contribution in [3.8, 4) is 0 Å². The lowest BCUT2D eigenvalue weighted by atomic mass is 9.90. The molecule has 0 radical (unpaired) electrons. The smallest absolute Gasteiger partial charge is 0.0578 e. The molecular formula is C13H20N2O. The number of hydrogen-bond acceptors (Lipinski definition) is 3. The molecule has 2 rings (SSSR count). The van der Waals surface area contributed by atoms with E-state index in [1.807, 2.05) is 12.3 Å². The molecule has 0 atom stereocenters. The fourth-order valence-corrected chi connectivity index (χ4v) is 2.26. The molecule has 1 aromatic rings. The second-order valence-corrected chi connectivity index (χ2v) is 4.66. The number of ether oxygens (including phenoxy) is 1. The normalized spacial score (nSPS) is 17.9. The fraction of sp³-hybridized carbons (Fsp3) is 0.615. The molecule has 0 aliphatic carbocycles. The molecule has 0 spiro atoms. The van der Waals surface area contributed by atoms with Gasteiger partial charge in [0.25, 0.3) is 0 Å².